The number of carbonyl (C=O) groups is 1. The van der Waals surface area contributed by atoms with Crippen molar-refractivity contribution in [3.05, 3.63) is 35.4 Å². The molecule has 0 aromatic heterocycles. The number of hydrogen-bond donors (Lipinski definition) is 2. The van der Waals surface area contributed by atoms with Gasteiger partial charge in [-0.1, -0.05) is 24.3 Å². The Kier molecular flexibility index (Phi) is 5.92. The third kappa shape index (κ3) is 3.77. The molecule has 0 atom stereocenters. The van der Waals surface area contributed by atoms with Crippen LogP contribution in [0.3, 0.4) is 0 Å². The summed E-state index contributed by atoms with van der Waals surface area (Å²) in [5.41, 5.74) is 7.54. The van der Waals surface area contributed by atoms with Crippen LogP contribution in [0.2, 0.25) is 0 Å². The van der Waals surface area contributed by atoms with E-state index in [1.807, 2.05) is 24.3 Å². The van der Waals surface area contributed by atoms with Crippen LogP contribution in [0.25, 0.3) is 0 Å². The van der Waals surface area contributed by atoms with Crippen molar-refractivity contribution in [3.8, 4) is 0 Å². The number of nitrogens with two attached hydrogens (primary N) is 1. The highest BCUT2D eigenvalue weighted by Crippen LogP contribution is 2.04. The van der Waals surface area contributed by atoms with Gasteiger partial charge < -0.3 is 11.1 Å². The number of likely N-dealkylation sites (N-methyl/N-ethyl adjacent to an activating group) is 1. The molecule has 3 nitrogen and oxygen atoms in total. The van der Waals surface area contributed by atoms with Crippen LogP contribution in [0.5, 0.6) is 0 Å². The van der Waals surface area contributed by atoms with Gasteiger partial charge in [-0.05, 0) is 11.1 Å². The number of benzene rings is 1. The highest BCUT2D eigenvalue weighted by molar-refractivity contribution is 5.85. The smallest absolute Gasteiger partial charge is 0.224 e. The third-order valence-electron chi connectivity index (χ3n) is 1.87. The summed E-state index contributed by atoms with van der Waals surface area (Å²) in [6, 6.07) is 7.75. The van der Waals surface area contributed by atoms with Crippen LogP contribution in [-0.4, -0.2) is 13.0 Å². The SMILES string of the molecule is CNC(=O)Cc1cccc(CN)c1.Cl. The topological polar surface area (TPSA) is 55.1 Å². The molecule has 1 amide bonds. The van der Waals surface area contributed by atoms with Gasteiger partial charge in [0.15, 0.2) is 0 Å². The van der Waals surface area contributed by atoms with Crippen LogP contribution in [0.15, 0.2) is 24.3 Å². The van der Waals surface area contributed by atoms with Crippen LogP contribution >= 0.6 is 12.4 Å². The lowest BCUT2D eigenvalue weighted by Gasteiger charge is -2.02. The Morgan fingerprint density at radius 1 is 1.43 bits per heavy atom. The minimum absolute atomic E-state index is 0. The highest BCUT2D eigenvalue weighted by Gasteiger charge is 2.00. The van der Waals surface area contributed by atoms with Crippen molar-refractivity contribution < 1.29 is 4.79 Å². The van der Waals surface area contributed by atoms with Gasteiger partial charge in [0.25, 0.3) is 0 Å². The summed E-state index contributed by atoms with van der Waals surface area (Å²) < 4.78 is 0. The van der Waals surface area contributed by atoms with E-state index in [9.17, 15) is 4.79 Å². The predicted molar refractivity (Wildman–Crippen MR) is 59.4 cm³/mol. The molecular weight excluding hydrogens is 200 g/mol. The second kappa shape index (κ2) is 6.40. The zero-order valence-electron chi connectivity index (χ0n) is 8.12. The summed E-state index contributed by atoms with van der Waals surface area (Å²) >= 11 is 0. The van der Waals surface area contributed by atoms with E-state index < -0.39 is 0 Å². The fourth-order valence-corrected chi connectivity index (χ4v) is 1.14. The van der Waals surface area contributed by atoms with Gasteiger partial charge in [0.2, 0.25) is 5.91 Å². The molecular formula is C10H15ClN2O. The minimum atomic E-state index is 0. The summed E-state index contributed by atoms with van der Waals surface area (Å²) in [6.45, 7) is 0.515. The monoisotopic (exact) mass is 214 g/mol. The van der Waals surface area contributed by atoms with Crippen molar-refractivity contribution in [3.63, 3.8) is 0 Å². The maximum Gasteiger partial charge on any atom is 0.224 e. The average Bonchev–Trinajstić information content (AvgIpc) is 2.18. The van der Waals surface area contributed by atoms with Gasteiger partial charge in [-0.3, -0.25) is 4.79 Å². The Bertz CT molecular complexity index is 302. The number of halogens is 1. The molecule has 0 saturated heterocycles. The van der Waals surface area contributed by atoms with Gasteiger partial charge in [-0.15, -0.1) is 12.4 Å². The molecule has 0 fully saturated rings. The first kappa shape index (κ1) is 12.9. The van der Waals surface area contributed by atoms with E-state index in [0.29, 0.717) is 13.0 Å². The molecule has 0 unspecified atom stereocenters. The molecule has 0 heterocycles. The molecule has 0 bridgehead atoms. The first-order valence-corrected chi connectivity index (χ1v) is 4.24. The summed E-state index contributed by atoms with van der Waals surface area (Å²) in [4.78, 5) is 11.0. The van der Waals surface area contributed by atoms with E-state index in [-0.39, 0.29) is 18.3 Å². The van der Waals surface area contributed by atoms with E-state index in [1.165, 1.54) is 0 Å². The number of rotatable bonds is 3. The van der Waals surface area contributed by atoms with E-state index in [2.05, 4.69) is 5.32 Å². The van der Waals surface area contributed by atoms with Gasteiger partial charge >= 0.3 is 0 Å². The molecule has 0 spiro atoms. The van der Waals surface area contributed by atoms with Crippen LogP contribution in [-0.2, 0) is 17.8 Å². The number of nitrogens with one attached hydrogen (secondary N) is 1. The first-order valence-electron chi connectivity index (χ1n) is 4.24. The van der Waals surface area contributed by atoms with Crippen molar-refractivity contribution in [1.82, 2.24) is 5.32 Å². The van der Waals surface area contributed by atoms with Gasteiger partial charge in [0.05, 0.1) is 6.42 Å². The predicted octanol–water partition coefficient (Wildman–Crippen LogP) is 0.856. The van der Waals surface area contributed by atoms with Gasteiger partial charge in [-0.25, -0.2) is 0 Å². The maximum absolute atomic E-state index is 11.0. The Labute approximate surface area is 90.1 Å². The quantitative estimate of drug-likeness (QED) is 0.784. The lowest BCUT2D eigenvalue weighted by molar-refractivity contribution is -0.119. The molecule has 1 aromatic rings. The number of amides is 1. The minimum Gasteiger partial charge on any atom is -0.359 e. The maximum atomic E-state index is 11.0. The van der Waals surface area contributed by atoms with Crippen LogP contribution in [0, 0.1) is 0 Å². The summed E-state index contributed by atoms with van der Waals surface area (Å²) in [6.07, 6.45) is 0.421. The first-order chi connectivity index (χ1) is 6.26. The lowest BCUT2D eigenvalue weighted by Crippen LogP contribution is -2.19. The molecule has 0 aliphatic rings. The molecule has 1 rings (SSSR count). The molecule has 0 aliphatic heterocycles. The fourth-order valence-electron chi connectivity index (χ4n) is 1.14. The fraction of sp³-hybridized carbons (Fsp3) is 0.300. The van der Waals surface area contributed by atoms with Crippen molar-refractivity contribution in [2.45, 2.75) is 13.0 Å². The zero-order chi connectivity index (χ0) is 9.68. The number of hydrogen-bond acceptors (Lipinski definition) is 2. The lowest BCUT2D eigenvalue weighted by atomic mass is 10.1. The molecule has 78 valence electrons. The largest absolute Gasteiger partial charge is 0.359 e. The van der Waals surface area contributed by atoms with Gasteiger partial charge in [-0.2, -0.15) is 0 Å². The third-order valence-corrected chi connectivity index (χ3v) is 1.87. The Hall–Kier alpha value is -1.06. The second-order valence-corrected chi connectivity index (χ2v) is 2.87. The number of carbonyl (C=O) groups excluding carboxylic acids is 1. The van der Waals surface area contributed by atoms with Crippen molar-refractivity contribution >= 4 is 18.3 Å². The normalized spacial score (nSPS) is 9.00. The highest BCUT2D eigenvalue weighted by atomic mass is 35.5. The zero-order valence-corrected chi connectivity index (χ0v) is 8.93. The standard InChI is InChI=1S/C10H14N2O.ClH/c1-12-10(13)6-8-3-2-4-9(5-8)7-11;/h2-5H,6-7,11H2,1H3,(H,12,13);1H. The summed E-state index contributed by atoms with van der Waals surface area (Å²) in [7, 11) is 1.63. The van der Waals surface area contributed by atoms with Gasteiger partial charge in [0.1, 0.15) is 0 Å². The van der Waals surface area contributed by atoms with Crippen molar-refractivity contribution in [2.24, 2.45) is 5.73 Å². The van der Waals surface area contributed by atoms with Crippen molar-refractivity contribution in [1.29, 1.82) is 0 Å². The molecule has 0 saturated carbocycles. The Balaban J connectivity index is 0.00000169. The van der Waals surface area contributed by atoms with E-state index >= 15 is 0 Å². The van der Waals surface area contributed by atoms with E-state index in [4.69, 9.17) is 5.73 Å². The van der Waals surface area contributed by atoms with E-state index in [0.717, 1.165) is 11.1 Å². The van der Waals surface area contributed by atoms with Crippen LogP contribution in [0.1, 0.15) is 11.1 Å². The molecule has 3 N–H and O–H groups in total. The average molecular weight is 215 g/mol. The second-order valence-electron chi connectivity index (χ2n) is 2.87. The Morgan fingerprint density at radius 2 is 2.07 bits per heavy atom. The van der Waals surface area contributed by atoms with Crippen molar-refractivity contribution in [2.75, 3.05) is 7.05 Å². The molecule has 14 heavy (non-hydrogen) atoms. The molecule has 1 aromatic carbocycles. The van der Waals surface area contributed by atoms with E-state index in [1.54, 1.807) is 7.05 Å². The Morgan fingerprint density at radius 3 is 2.64 bits per heavy atom. The molecule has 0 aliphatic carbocycles. The van der Waals surface area contributed by atoms with Crippen LogP contribution < -0.4 is 11.1 Å². The summed E-state index contributed by atoms with van der Waals surface area (Å²) in [5.74, 6) is 0.0224. The summed E-state index contributed by atoms with van der Waals surface area (Å²) in [5, 5.41) is 2.58. The molecule has 4 heteroatoms. The molecule has 0 radical (unpaired) electrons. The van der Waals surface area contributed by atoms with Crippen LogP contribution in [0.4, 0.5) is 0 Å². The van der Waals surface area contributed by atoms with Gasteiger partial charge in [0, 0.05) is 13.6 Å².